The first-order chi connectivity index (χ1) is 20.2. The lowest BCUT2D eigenvalue weighted by Crippen LogP contribution is -2.52. The van der Waals surface area contributed by atoms with Crippen molar-refractivity contribution in [3.63, 3.8) is 0 Å². The number of hydrogen-bond acceptors (Lipinski definition) is 6. The Morgan fingerprint density at radius 2 is 1.60 bits per heavy atom. The molecule has 1 unspecified atom stereocenters. The minimum atomic E-state index is -4.29. The minimum Gasteiger partial charge on any atom is -0.493 e. The quantitative estimate of drug-likeness (QED) is 0.253. The molecule has 3 aromatic rings. The van der Waals surface area contributed by atoms with Gasteiger partial charge in [-0.3, -0.25) is 13.9 Å². The number of carbonyl (C=O) groups is 2. The molecule has 0 aromatic heterocycles. The van der Waals surface area contributed by atoms with Gasteiger partial charge < -0.3 is 19.7 Å². The zero-order valence-corrected chi connectivity index (χ0v) is 25.2. The van der Waals surface area contributed by atoms with Gasteiger partial charge in [0.15, 0.2) is 11.5 Å². The van der Waals surface area contributed by atoms with E-state index < -0.39 is 34.3 Å². The number of anilines is 1. The molecule has 0 aliphatic carbocycles. The molecule has 226 valence electrons. The second-order valence-corrected chi connectivity index (χ2v) is 11.4. The Bertz CT molecular complexity index is 1430. The molecule has 9 nitrogen and oxygen atoms in total. The highest BCUT2D eigenvalue weighted by molar-refractivity contribution is 7.92. The number of rotatable bonds is 15. The van der Waals surface area contributed by atoms with Crippen LogP contribution in [0.2, 0.25) is 0 Å². The maximum Gasteiger partial charge on any atom is 0.264 e. The van der Waals surface area contributed by atoms with E-state index in [-0.39, 0.29) is 28.8 Å². The number of sulfonamides is 1. The van der Waals surface area contributed by atoms with Gasteiger partial charge in [0.25, 0.3) is 10.0 Å². The van der Waals surface area contributed by atoms with Gasteiger partial charge >= 0.3 is 0 Å². The maximum absolute atomic E-state index is 14.1. The van der Waals surface area contributed by atoms with E-state index in [4.69, 9.17) is 9.47 Å². The topological polar surface area (TPSA) is 105 Å². The fraction of sp³-hybridized carbons (Fsp3) is 0.355. The van der Waals surface area contributed by atoms with Gasteiger partial charge in [-0.05, 0) is 54.8 Å². The summed E-state index contributed by atoms with van der Waals surface area (Å²) in [5, 5.41) is 2.88. The van der Waals surface area contributed by atoms with Crippen molar-refractivity contribution in [2.24, 2.45) is 0 Å². The number of benzene rings is 3. The lowest BCUT2D eigenvalue weighted by molar-refractivity contribution is -0.140. The predicted molar refractivity (Wildman–Crippen MR) is 159 cm³/mol. The van der Waals surface area contributed by atoms with Crippen molar-refractivity contribution < 1.29 is 31.9 Å². The van der Waals surface area contributed by atoms with E-state index in [0.29, 0.717) is 24.3 Å². The summed E-state index contributed by atoms with van der Waals surface area (Å²) >= 11 is 0. The van der Waals surface area contributed by atoms with Crippen LogP contribution in [0.25, 0.3) is 0 Å². The van der Waals surface area contributed by atoms with Crippen LogP contribution >= 0.6 is 0 Å². The van der Waals surface area contributed by atoms with Crippen LogP contribution in [0.4, 0.5) is 10.1 Å². The summed E-state index contributed by atoms with van der Waals surface area (Å²) in [5.74, 6) is -0.799. The molecular weight excluding hydrogens is 561 g/mol. The van der Waals surface area contributed by atoms with Gasteiger partial charge in [-0.1, -0.05) is 50.6 Å². The van der Waals surface area contributed by atoms with Crippen molar-refractivity contribution in [2.45, 2.75) is 50.6 Å². The molecule has 1 atom stereocenters. The van der Waals surface area contributed by atoms with Crippen LogP contribution < -0.4 is 19.1 Å². The number of carbonyl (C=O) groups excluding carboxylic acids is 2. The van der Waals surface area contributed by atoms with Gasteiger partial charge in [0.1, 0.15) is 18.4 Å². The van der Waals surface area contributed by atoms with Crippen LogP contribution in [-0.2, 0) is 26.2 Å². The van der Waals surface area contributed by atoms with Gasteiger partial charge in [-0.2, -0.15) is 0 Å². The van der Waals surface area contributed by atoms with E-state index in [1.54, 1.807) is 37.3 Å². The van der Waals surface area contributed by atoms with E-state index in [1.165, 1.54) is 61.6 Å². The largest absolute Gasteiger partial charge is 0.493 e. The number of hydrogen-bond donors (Lipinski definition) is 1. The van der Waals surface area contributed by atoms with Crippen LogP contribution in [0.3, 0.4) is 0 Å². The molecule has 2 amide bonds. The maximum atomic E-state index is 14.1. The number of methoxy groups -OCH3 is 2. The van der Waals surface area contributed by atoms with Gasteiger partial charge in [0.2, 0.25) is 11.8 Å². The van der Waals surface area contributed by atoms with Crippen LogP contribution in [0.5, 0.6) is 11.5 Å². The predicted octanol–water partition coefficient (Wildman–Crippen LogP) is 4.76. The molecule has 0 heterocycles. The van der Waals surface area contributed by atoms with Crippen molar-refractivity contribution >= 4 is 27.5 Å². The van der Waals surface area contributed by atoms with Crippen molar-refractivity contribution in [3.8, 4) is 11.5 Å². The summed E-state index contributed by atoms with van der Waals surface area (Å²) in [5.41, 5.74) is 0.862. The molecule has 1 N–H and O–H groups in total. The molecule has 0 fully saturated rings. The molecule has 0 radical (unpaired) electrons. The zero-order chi connectivity index (χ0) is 30.7. The lowest BCUT2D eigenvalue weighted by Gasteiger charge is -2.33. The normalized spacial score (nSPS) is 11.8. The van der Waals surface area contributed by atoms with Crippen LogP contribution in [0.1, 0.15) is 38.7 Å². The summed E-state index contributed by atoms with van der Waals surface area (Å²) in [4.78, 5) is 28.5. The monoisotopic (exact) mass is 599 g/mol. The molecule has 11 heteroatoms. The van der Waals surface area contributed by atoms with Crippen LogP contribution in [0, 0.1) is 5.82 Å². The number of nitrogens with zero attached hydrogens (tertiary/aromatic N) is 2. The molecule has 0 saturated heterocycles. The molecule has 0 aliphatic rings. The molecule has 0 spiro atoms. The molecule has 3 aromatic carbocycles. The van der Waals surface area contributed by atoms with Gasteiger partial charge in [0, 0.05) is 19.2 Å². The second-order valence-electron chi connectivity index (χ2n) is 9.58. The van der Waals surface area contributed by atoms with E-state index in [1.807, 2.05) is 6.92 Å². The summed E-state index contributed by atoms with van der Waals surface area (Å²) in [6.45, 7) is 3.64. The van der Waals surface area contributed by atoms with E-state index in [0.717, 1.165) is 17.1 Å². The number of halogens is 1. The summed E-state index contributed by atoms with van der Waals surface area (Å²) < 4.78 is 53.3. The number of para-hydroxylation sites is 1. The van der Waals surface area contributed by atoms with Gasteiger partial charge in [-0.15, -0.1) is 0 Å². The van der Waals surface area contributed by atoms with E-state index >= 15 is 0 Å². The Balaban J connectivity index is 2.04. The highest BCUT2D eigenvalue weighted by atomic mass is 32.2. The molecule has 0 bridgehead atoms. The highest BCUT2D eigenvalue weighted by Crippen LogP contribution is 2.32. The van der Waals surface area contributed by atoms with Gasteiger partial charge in [0.05, 0.1) is 24.8 Å². The fourth-order valence-corrected chi connectivity index (χ4v) is 5.87. The van der Waals surface area contributed by atoms with Crippen molar-refractivity contribution in [2.75, 3.05) is 31.6 Å². The average Bonchev–Trinajstić information content (AvgIpc) is 3.00. The molecule has 0 aliphatic heterocycles. The summed E-state index contributed by atoms with van der Waals surface area (Å²) in [7, 11) is -1.45. The van der Waals surface area contributed by atoms with Crippen LogP contribution in [0.15, 0.2) is 77.7 Å². The fourth-order valence-electron chi connectivity index (χ4n) is 4.44. The van der Waals surface area contributed by atoms with Crippen molar-refractivity contribution in [3.05, 3.63) is 84.2 Å². The first kappa shape index (κ1) is 32.4. The molecular formula is C31H38FN3O6S. The first-order valence-corrected chi connectivity index (χ1v) is 15.2. The Morgan fingerprint density at radius 1 is 0.929 bits per heavy atom. The zero-order valence-electron chi connectivity index (χ0n) is 24.4. The van der Waals surface area contributed by atoms with Crippen molar-refractivity contribution in [1.82, 2.24) is 10.2 Å². The van der Waals surface area contributed by atoms with Gasteiger partial charge in [-0.25, -0.2) is 12.8 Å². The second kappa shape index (κ2) is 15.2. The highest BCUT2D eigenvalue weighted by Gasteiger charge is 2.34. The molecule has 0 saturated carbocycles. The molecule has 3 rings (SSSR count). The van der Waals surface area contributed by atoms with Crippen LogP contribution in [-0.4, -0.2) is 58.5 Å². The third-order valence-corrected chi connectivity index (χ3v) is 8.52. The SMILES string of the molecule is CCCCNC(=O)C(CC)N(Cc1ccc(F)cc1)C(=O)CN(c1ccccc1)S(=O)(=O)c1ccc(OC)c(OC)c1. The summed E-state index contributed by atoms with van der Waals surface area (Å²) in [6, 6.07) is 17.2. The smallest absolute Gasteiger partial charge is 0.264 e. The Labute approximate surface area is 247 Å². The first-order valence-electron chi connectivity index (χ1n) is 13.8. The van der Waals surface area contributed by atoms with E-state index in [2.05, 4.69) is 5.32 Å². The third-order valence-electron chi connectivity index (χ3n) is 6.75. The Morgan fingerprint density at radius 3 is 2.19 bits per heavy atom. The Kier molecular flexibility index (Phi) is 11.7. The number of amides is 2. The molecule has 42 heavy (non-hydrogen) atoms. The number of ether oxygens (including phenoxy) is 2. The summed E-state index contributed by atoms with van der Waals surface area (Å²) in [6.07, 6.45) is 1.95. The third kappa shape index (κ3) is 8.00. The number of unbranched alkanes of at least 4 members (excludes halogenated alkanes) is 1. The standard InChI is InChI=1S/C31H38FN3O6S/c1-5-7-19-33-31(37)27(6-2)34(21-23-13-15-24(32)16-14-23)30(36)22-35(25-11-9-8-10-12-25)42(38,39)26-17-18-28(40-3)29(20-26)41-4/h8-18,20,27H,5-7,19,21-22H2,1-4H3,(H,33,37). The average molecular weight is 600 g/mol. The minimum absolute atomic E-state index is 0.0160. The lowest BCUT2D eigenvalue weighted by atomic mass is 10.1. The number of nitrogens with one attached hydrogen (secondary N) is 1. The van der Waals surface area contributed by atoms with E-state index in [9.17, 15) is 22.4 Å². The van der Waals surface area contributed by atoms with Crippen molar-refractivity contribution in [1.29, 1.82) is 0 Å². The Hall–Kier alpha value is -4.12.